The fourth-order valence-corrected chi connectivity index (χ4v) is 2.41. The van der Waals surface area contributed by atoms with Crippen LogP contribution in [0.1, 0.15) is 12.5 Å². The summed E-state index contributed by atoms with van der Waals surface area (Å²) in [5, 5.41) is 0.900. The van der Waals surface area contributed by atoms with Crippen LogP contribution in [0.2, 0.25) is 0 Å². The molecule has 0 saturated heterocycles. The number of aromatic nitrogens is 1. The standard InChI is InChI=1S/C13H16N2O3S/c1-4-19(16,17)15-10-5-6-12-11(8-10)9(2)7-13(14-12)18-3/h5-8,15H,4H2,1-3H3. The fraction of sp³-hybridized carbons (Fsp3) is 0.308. The van der Waals surface area contributed by atoms with Gasteiger partial charge in [0, 0.05) is 17.1 Å². The SMILES string of the molecule is CCS(=O)(=O)Nc1ccc2nc(OC)cc(C)c2c1. The third-order valence-electron chi connectivity index (χ3n) is 2.85. The molecule has 0 radical (unpaired) electrons. The number of methoxy groups -OCH3 is 1. The zero-order valence-electron chi connectivity index (χ0n) is 11.1. The second-order valence-electron chi connectivity index (χ2n) is 4.22. The van der Waals surface area contributed by atoms with Crippen molar-refractivity contribution in [3.8, 4) is 5.88 Å². The fourth-order valence-electron chi connectivity index (χ4n) is 1.78. The second-order valence-corrected chi connectivity index (χ2v) is 6.23. The van der Waals surface area contributed by atoms with E-state index in [2.05, 4.69) is 9.71 Å². The van der Waals surface area contributed by atoms with E-state index in [9.17, 15) is 8.42 Å². The molecule has 5 nitrogen and oxygen atoms in total. The zero-order chi connectivity index (χ0) is 14.0. The quantitative estimate of drug-likeness (QED) is 0.933. The van der Waals surface area contributed by atoms with Gasteiger partial charge in [-0.15, -0.1) is 0 Å². The van der Waals surface area contributed by atoms with Crippen LogP contribution in [0.25, 0.3) is 10.9 Å². The summed E-state index contributed by atoms with van der Waals surface area (Å²) in [6, 6.07) is 7.07. The topological polar surface area (TPSA) is 68.3 Å². The van der Waals surface area contributed by atoms with Gasteiger partial charge < -0.3 is 4.74 Å². The predicted molar refractivity (Wildman–Crippen MR) is 76.1 cm³/mol. The lowest BCUT2D eigenvalue weighted by Crippen LogP contribution is -2.14. The van der Waals surface area contributed by atoms with Crippen molar-refractivity contribution in [1.82, 2.24) is 4.98 Å². The molecule has 0 saturated carbocycles. The first-order valence-electron chi connectivity index (χ1n) is 5.91. The van der Waals surface area contributed by atoms with Crippen molar-refractivity contribution in [2.75, 3.05) is 17.6 Å². The summed E-state index contributed by atoms with van der Waals surface area (Å²) < 4.78 is 30.7. The number of hydrogen-bond acceptors (Lipinski definition) is 4. The Hall–Kier alpha value is -1.82. The monoisotopic (exact) mass is 280 g/mol. The van der Waals surface area contributed by atoms with E-state index < -0.39 is 10.0 Å². The molecule has 0 fully saturated rings. The van der Waals surface area contributed by atoms with Gasteiger partial charge in [-0.25, -0.2) is 13.4 Å². The summed E-state index contributed by atoms with van der Waals surface area (Å²) in [5.41, 5.74) is 2.31. The van der Waals surface area contributed by atoms with Crippen LogP contribution in [0.4, 0.5) is 5.69 Å². The maximum absolute atomic E-state index is 11.5. The number of sulfonamides is 1. The molecule has 2 rings (SSSR count). The Morgan fingerprint density at radius 1 is 1.32 bits per heavy atom. The molecule has 0 spiro atoms. The Bertz CT molecular complexity index is 711. The average molecular weight is 280 g/mol. The molecule has 0 atom stereocenters. The normalized spacial score (nSPS) is 11.5. The van der Waals surface area contributed by atoms with Crippen LogP contribution in [0.3, 0.4) is 0 Å². The maximum atomic E-state index is 11.5. The van der Waals surface area contributed by atoms with Crippen molar-refractivity contribution >= 4 is 26.6 Å². The van der Waals surface area contributed by atoms with Gasteiger partial charge in [0.25, 0.3) is 0 Å². The summed E-state index contributed by atoms with van der Waals surface area (Å²) in [6.45, 7) is 3.53. The summed E-state index contributed by atoms with van der Waals surface area (Å²) >= 11 is 0. The summed E-state index contributed by atoms with van der Waals surface area (Å²) in [4.78, 5) is 4.31. The van der Waals surface area contributed by atoms with Crippen molar-refractivity contribution in [3.05, 3.63) is 29.8 Å². The number of anilines is 1. The van der Waals surface area contributed by atoms with Crippen LogP contribution >= 0.6 is 0 Å². The van der Waals surface area contributed by atoms with Gasteiger partial charge in [0.2, 0.25) is 15.9 Å². The van der Waals surface area contributed by atoms with Crippen molar-refractivity contribution in [2.24, 2.45) is 0 Å². The highest BCUT2D eigenvalue weighted by Crippen LogP contribution is 2.24. The van der Waals surface area contributed by atoms with Gasteiger partial charge >= 0.3 is 0 Å². The lowest BCUT2D eigenvalue weighted by molar-refractivity contribution is 0.399. The highest BCUT2D eigenvalue weighted by molar-refractivity contribution is 7.92. The van der Waals surface area contributed by atoms with E-state index in [4.69, 9.17) is 4.74 Å². The number of ether oxygens (including phenoxy) is 1. The van der Waals surface area contributed by atoms with Crippen LogP contribution in [-0.4, -0.2) is 26.3 Å². The molecule has 0 aliphatic heterocycles. The van der Waals surface area contributed by atoms with E-state index >= 15 is 0 Å². The van der Waals surface area contributed by atoms with Crippen molar-refractivity contribution in [2.45, 2.75) is 13.8 Å². The first-order chi connectivity index (χ1) is 8.95. The predicted octanol–water partition coefficient (Wildman–Crippen LogP) is 2.31. The first-order valence-corrected chi connectivity index (χ1v) is 7.56. The minimum atomic E-state index is -3.26. The highest BCUT2D eigenvalue weighted by Gasteiger charge is 2.09. The third-order valence-corrected chi connectivity index (χ3v) is 4.16. The third kappa shape index (κ3) is 2.96. The van der Waals surface area contributed by atoms with Crippen LogP contribution in [0, 0.1) is 6.92 Å². The van der Waals surface area contributed by atoms with Gasteiger partial charge in [0.1, 0.15) is 0 Å². The number of nitrogens with one attached hydrogen (secondary N) is 1. The molecule has 0 amide bonds. The number of pyridine rings is 1. The highest BCUT2D eigenvalue weighted by atomic mass is 32.2. The smallest absolute Gasteiger partial charge is 0.232 e. The summed E-state index contributed by atoms with van der Waals surface area (Å²) in [7, 11) is -1.70. The van der Waals surface area contributed by atoms with Gasteiger partial charge in [0.05, 0.1) is 18.4 Å². The lowest BCUT2D eigenvalue weighted by Gasteiger charge is -2.09. The van der Waals surface area contributed by atoms with Gasteiger partial charge in [-0.1, -0.05) is 0 Å². The van der Waals surface area contributed by atoms with Crippen LogP contribution in [0.15, 0.2) is 24.3 Å². The number of benzene rings is 1. The number of fused-ring (bicyclic) bond motifs is 1. The zero-order valence-corrected chi connectivity index (χ0v) is 11.9. The van der Waals surface area contributed by atoms with Crippen LogP contribution in [0.5, 0.6) is 5.88 Å². The molecular formula is C13H16N2O3S. The minimum Gasteiger partial charge on any atom is -0.481 e. The lowest BCUT2D eigenvalue weighted by atomic mass is 10.1. The Morgan fingerprint density at radius 3 is 2.68 bits per heavy atom. The Kier molecular flexibility index (Phi) is 3.61. The minimum absolute atomic E-state index is 0.0465. The van der Waals surface area contributed by atoms with Gasteiger partial charge in [-0.2, -0.15) is 0 Å². The van der Waals surface area contributed by atoms with E-state index in [0.29, 0.717) is 11.6 Å². The Morgan fingerprint density at radius 2 is 2.05 bits per heavy atom. The van der Waals surface area contributed by atoms with Gasteiger partial charge in [0.15, 0.2) is 0 Å². The molecule has 0 aliphatic rings. The molecule has 1 aromatic heterocycles. The summed E-state index contributed by atoms with van der Waals surface area (Å²) in [6.07, 6.45) is 0. The van der Waals surface area contributed by atoms with Crippen LogP contribution < -0.4 is 9.46 Å². The number of rotatable bonds is 4. The molecule has 102 valence electrons. The summed E-state index contributed by atoms with van der Waals surface area (Å²) in [5.74, 6) is 0.595. The Labute approximate surface area is 112 Å². The van der Waals surface area contributed by atoms with E-state index in [1.807, 2.05) is 13.0 Å². The molecule has 1 heterocycles. The van der Waals surface area contributed by atoms with Crippen molar-refractivity contribution in [3.63, 3.8) is 0 Å². The maximum Gasteiger partial charge on any atom is 0.232 e. The first kappa shape index (κ1) is 13.6. The molecule has 2 aromatic rings. The van der Waals surface area contributed by atoms with Crippen molar-refractivity contribution in [1.29, 1.82) is 0 Å². The van der Waals surface area contributed by atoms with Gasteiger partial charge in [-0.05, 0) is 37.6 Å². The molecule has 6 heteroatoms. The van der Waals surface area contributed by atoms with E-state index in [-0.39, 0.29) is 5.75 Å². The molecule has 1 N–H and O–H groups in total. The van der Waals surface area contributed by atoms with Gasteiger partial charge in [-0.3, -0.25) is 4.72 Å². The second kappa shape index (κ2) is 5.05. The van der Waals surface area contributed by atoms with Crippen LogP contribution in [-0.2, 0) is 10.0 Å². The van der Waals surface area contributed by atoms with Crippen molar-refractivity contribution < 1.29 is 13.2 Å². The number of aryl methyl sites for hydroxylation is 1. The van der Waals surface area contributed by atoms with E-state index in [0.717, 1.165) is 16.5 Å². The molecule has 1 aromatic carbocycles. The molecule has 19 heavy (non-hydrogen) atoms. The Balaban J connectivity index is 2.49. The largest absolute Gasteiger partial charge is 0.481 e. The van der Waals surface area contributed by atoms with E-state index in [1.165, 1.54) is 0 Å². The molecule has 0 aliphatic carbocycles. The molecule has 0 unspecified atom stereocenters. The number of nitrogens with zero attached hydrogens (tertiary/aromatic N) is 1. The molecular weight excluding hydrogens is 264 g/mol. The molecule has 0 bridgehead atoms. The van der Waals surface area contributed by atoms with E-state index in [1.54, 1.807) is 32.2 Å². The number of hydrogen-bond donors (Lipinski definition) is 1. The average Bonchev–Trinajstić information content (AvgIpc) is 2.39.